The summed E-state index contributed by atoms with van der Waals surface area (Å²) in [6.45, 7) is 6.64. The lowest BCUT2D eigenvalue weighted by Gasteiger charge is -2.06. The first-order valence-corrected chi connectivity index (χ1v) is 7.88. The van der Waals surface area contributed by atoms with Crippen LogP contribution in [0.15, 0.2) is 0 Å². The summed E-state index contributed by atoms with van der Waals surface area (Å²) >= 11 is 0. The molecule has 5 heteroatoms. The molecule has 96 valence electrons. The van der Waals surface area contributed by atoms with E-state index in [2.05, 4.69) is 23.9 Å². The maximum atomic E-state index is 11.6. The molecule has 0 aromatic heterocycles. The summed E-state index contributed by atoms with van der Waals surface area (Å²) in [5.74, 6) is 1.52. The summed E-state index contributed by atoms with van der Waals surface area (Å²) < 4.78 is 25.8. The van der Waals surface area contributed by atoms with Crippen LogP contribution in [0.4, 0.5) is 0 Å². The van der Waals surface area contributed by atoms with Crippen molar-refractivity contribution in [3.8, 4) is 0 Å². The van der Waals surface area contributed by atoms with Gasteiger partial charge < -0.3 is 5.32 Å². The number of nitrogens with one attached hydrogen (secondary N) is 2. The molecule has 1 aliphatic rings. The maximum absolute atomic E-state index is 11.6. The maximum Gasteiger partial charge on any atom is 0.211 e. The Bertz CT molecular complexity index is 290. The van der Waals surface area contributed by atoms with E-state index in [9.17, 15) is 8.42 Å². The van der Waals surface area contributed by atoms with Gasteiger partial charge in [0, 0.05) is 6.54 Å². The first-order chi connectivity index (χ1) is 7.55. The van der Waals surface area contributed by atoms with Gasteiger partial charge in [0.2, 0.25) is 10.0 Å². The van der Waals surface area contributed by atoms with Crippen LogP contribution in [0, 0.1) is 11.8 Å². The Balaban J connectivity index is 2.04. The average Bonchev–Trinajstić information content (AvgIpc) is 2.92. The van der Waals surface area contributed by atoms with Crippen LogP contribution < -0.4 is 10.0 Å². The molecule has 1 rings (SSSR count). The Hall–Kier alpha value is -0.130. The number of rotatable bonds is 9. The van der Waals surface area contributed by atoms with Crippen molar-refractivity contribution < 1.29 is 8.42 Å². The third-order valence-corrected chi connectivity index (χ3v) is 4.47. The van der Waals surface area contributed by atoms with Crippen LogP contribution in [0.2, 0.25) is 0 Å². The van der Waals surface area contributed by atoms with Gasteiger partial charge in [0.05, 0.1) is 5.75 Å². The second-order valence-electron chi connectivity index (χ2n) is 4.74. The monoisotopic (exact) mass is 248 g/mol. The fraction of sp³-hybridized carbons (Fsp3) is 1.00. The van der Waals surface area contributed by atoms with Gasteiger partial charge in [-0.2, -0.15) is 0 Å². The van der Waals surface area contributed by atoms with Gasteiger partial charge in [0.1, 0.15) is 0 Å². The van der Waals surface area contributed by atoms with E-state index in [1.165, 1.54) is 6.42 Å². The van der Waals surface area contributed by atoms with E-state index in [0.29, 0.717) is 24.8 Å². The van der Waals surface area contributed by atoms with Crippen molar-refractivity contribution in [2.24, 2.45) is 11.8 Å². The number of sulfonamides is 1. The summed E-state index contributed by atoms with van der Waals surface area (Å²) in [7, 11) is -3.04. The van der Waals surface area contributed by atoms with Crippen molar-refractivity contribution in [1.82, 2.24) is 10.0 Å². The molecule has 1 saturated carbocycles. The molecule has 0 aromatic carbocycles. The molecule has 0 heterocycles. The second kappa shape index (κ2) is 6.57. The molecule has 0 saturated heterocycles. The molecule has 0 bridgehead atoms. The smallest absolute Gasteiger partial charge is 0.211 e. The van der Waals surface area contributed by atoms with Gasteiger partial charge in [-0.05, 0) is 44.2 Å². The second-order valence-corrected chi connectivity index (χ2v) is 6.67. The summed E-state index contributed by atoms with van der Waals surface area (Å²) in [6, 6.07) is 0. The van der Waals surface area contributed by atoms with Crippen LogP contribution in [-0.2, 0) is 10.0 Å². The van der Waals surface area contributed by atoms with E-state index in [4.69, 9.17) is 0 Å². The lowest BCUT2D eigenvalue weighted by atomic mass is 10.3. The van der Waals surface area contributed by atoms with E-state index < -0.39 is 10.0 Å². The molecule has 0 aromatic rings. The Morgan fingerprint density at radius 1 is 1.31 bits per heavy atom. The molecular weight excluding hydrogens is 224 g/mol. The van der Waals surface area contributed by atoms with E-state index >= 15 is 0 Å². The third-order valence-electron chi connectivity index (χ3n) is 3.03. The zero-order valence-corrected chi connectivity index (χ0v) is 11.1. The third kappa shape index (κ3) is 5.82. The fourth-order valence-corrected chi connectivity index (χ4v) is 2.82. The minimum Gasteiger partial charge on any atom is -0.317 e. The van der Waals surface area contributed by atoms with Gasteiger partial charge in [0.25, 0.3) is 0 Å². The molecule has 2 atom stereocenters. The van der Waals surface area contributed by atoms with Crippen LogP contribution in [0.25, 0.3) is 0 Å². The van der Waals surface area contributed by atoms with Crippen LogP contribution in [-0.4, -0.2) is 33.8 Å². The predicted octanol–water partition coefficient (Wildman–Crippen LogP) is 0.952. The Labute approximate surface area is 99.2 Å². The van der Waals surface area contributed by atoms with Crippen LogP contribution in [0.3, 0.4) is 0 Å². The van der Waals surface area contributed by atoms with Crippen molar-refractivity contribution in [1.29, 1.82) is 0 Å². The average molecular weight is 248 g/mol. The van der Waals surface area contributed by atoms with E-state index in [1.54, 1.807) is 0 Å². The zero-order valence-electron chi connectivity index (χ0n) is 10.3. The topological polar surface area (TPSA) is 58.2 Å². The minimum absolute atomic E-state index is 0.241. The molecule has 16 heavy (non-hydrogen) atoms. The van der Waals surface area contributed by atoms with Gasteiger partial charge in [-0.25, -0.2) is 13.1 Å². The standard InChI is InChI=1S/C11H24N2O2S/c1-3-5-12-6-4-7-16(14,15)13-9-11-8-10(11)2/h10-13H,3-9H2,1-2H3. The van der Waals surface area contributed by atoms with Crippen molar-refractivity contribution in [2.75, 3.05) is 25.4 Å². The lowest BCUT2D eigenvalue weighted by molar-refractivity contribution is 0.568. The van der Waals surface area contributed by atoms with Gasteiger partial charge in [-0.1, -0.05) is 13.8 Å². The Morgan fingerprint density at radius 3 is 2.56 bits per heavy atom. The van der Waals surface area contributed by atoms with E-state index in [0.717, 1.165) is 19.5 Å². The summed E-state index contributed by atoms with van der Waals surface area (Å²) in [6.07, 6.45) is 2.95. The summed E-state index contributed by atoms with van der Waals surface area (Å²) in [4.78, 5) is 0. The number of hydrogen-bond acceptors (Lipinski definition) is 3. The largest absolute Gasteiger partial charge is 0.317 e. The minimum atomic E-state index is -3.04. The van der Waals surface area contributed by atoms with E-state index in [1.807, 2.05) is 0 Å². The van der Waals surface area contributed by atoms with Gasteiger partial charge in [-0.3, -0.25) is 0 Å². The normalized spacial score (nSPS) is 24.6. The van der Waals surface area contributed by atoms with Crippen LogP contribution >= 0.6 is 0 Å². The first kappa shape index (κ1) is 13.9. The van der Waals surface area contributed by atoms with Gasteiger partial charge >= 0.3 is 0 Å². The van der Waals surface area contributed by atoms with E-state index in [-0.39, 0.29) is 5.75 Å². The highest BCUT2D eigenvalue weighted by molar-refractivity contribution is 7.89. The van der Waals surface area contributed by atoms with Crippen LogP contribution in [0.1, 0.15) is 33.1 Å². The SMILES string of the molecule is CCCNCCCS(=O)(=O)NCC1CC1C. The Morgan fingerprint density at radius 2 is 2.00 bits per heavy atom. The van der Waals surface area contributed by atoms with Crippen molar-refractivity contribution >= 4 is 10.0 Å². The molecule has 4 nitrogen and oxygen atoms in total. The molecule has 1 aliphatic carbocycles. The highest BCUT2D eigenvalue weighted by Gasteiger charge is 2.32. The van der Waals surface area contributed by atoms with Crippen molar-refractivity contribution in [3.05, 3.63) is 0 Å². The highest BCUT2D eigenvalue weighted by atomic mass is 32.2. The molecule has 0 amide bonds. The Kier molecular flexibility index (Phi) is 5.72. The number of hydrogen-bond donors (Lipinski definition) is 2. The van der Waals surface area contributed by atoms with Gasteiger partial charge in [0.15, 0.2) is 0 Å². The molecule has 1 fully saturated rings. The molecule has 2 N–H and O–H groups in total. The molecule has 0 aliphatic heterocycles. The highest BCUT2D eigenvalue weighted by Crippen LogP contribution is 2.36. The quantitative estimate of drug-likeness (QED) is 0.597. The molecule has 0 radical (unpaired) electrons. The summed E-state index contributed by atoms with van der Waals surface area (Å²) in [5, 5.41) is 3.20. The van der Waals surface area contributed by atoms with Crippen molar-refractivity contribution in [3.63, 3.8) is 0 Å². The predicted molar refractivity (Wildman–Crippen MR) is 66.8 cm³/mol. The van der Waals surface area contributed by atoms with Crippen LogP contribution in [0.5, 0.6) is 0 Å². The summed E-state index contributed by atoms with van der Waals surface area (Å²) in [5.41, 5.74) is 0. The first-order valence-electron chi connectivity index (χ1n) is 6.23. The lowest BCUT2D eigenvalue weighted by Crippen LogP contribution is -2.30. The zero-order chi connectivity index (χ0) is 12.0. The fourth-order valence-electron chi connectivity index (χ4n) is 1.68. The van der Waals surface area contributed by atoms with Crippen molar-refractivity contribution in [2.45, 2.75) is 33.1 Å². The molecule has 2 unspecified atom stereocenters. The van der Waals surface area contributed by atoms with Gasteiger partial charge in [-0.15, -0.1) is 0 Å². The molecular formula is C11H24N2O2S. The molecule has 0 spiro atoms.